The fourth-order valence-corrected chi connectivity index (χ4v) is 3.47. The quantitative estimate of drug-likeness (QED) is 0.864. The number of carbonyl (C=O) groups is 1. The SMILES string of the molecule is COCn1nc([C@@H]2C[C@H](OC(=O)NC(C)C)[C@@H]3C[C@@H]32)cc1N. The van der Waals surface area contributed by atoms with Gasteiger partial charge in [-0.25, -0.2) is 9.48 Å². The van der Waals surface area contributed by atoms with E-state index in [1.54, 1.807) is 11.8 Å². The van der Waals surface area contributed by atoms with Crippen LogP contribution < -0.4 is 11.1 Å². The van der Waals surface area contributed by atoms with Crippen molar-refractivity contribution in [1.29, 1.82) is 0 Å². The largest absolute Gasteiger partial charge is 0.446 e. The first-order valence-electron chi connectivity index (χ1n) is 7.79. The summed E-state index contributed by atoms with van der Waals surface area (Å²) in [5.41, 5.74) is 6.93. The van der Waals surface area contributed by atoms with Crippen LogP contribution in [0.15, 0.2) is 6.07 Å². The number of ether oxygens (including phenoxy) is 2. The zero-order chi connectivity index (χ0) is 15.9. The molecule has 2 saturated carbocycles. The number of nitrogens with one attached hydrogen (secondary N) is 1. The zero-order valence-corrected chi connectivity index (χ0v) is 13.3. The van der Waals surface area contributed by atoms with Gasteiger partial charge in [-0.1, -0.05) is 0 Å². The van der Waals surface area contributed by atoms with Crippen molar-refractivity contribution in [2.45, 2.75) is 51.5 Å². The van der Waals surface area contributed by atoms with E-state index >= 15 is 0 Å². The van der Waals surface area contributed by atoms with Gasteiger partial charge in [-0.3, -0.25) is 0 Å². The average molecular weight is 308 g/mol. The maximum absolute atomic E-state index is 11.8. The number of nitrogens with two attached hydrogens (primary N) is 1. The Labute approximate surface area is 130 Å². The average Bonchev–Trinajstić information content (AvgIpc) is 3.03. The van der Waals surface area contributed by atoms with Crippen LogP contribution in [0.2, 0.25) is 0 Å². The van der Waals surface area contributed by atoms with E-state index in [1.165, 1.54) is 0 Å². The zero-order valence-electron chi connectivity index (χ0n) is 13.3. The van der Waals surface area contributed by atoms with Crippen molar-refractivity contribution in [3.63, 3.8) is 0 Å². The van der Waals surface area contributed by atoms with Gasteiger partial charge in [0.2, 0.25) is 0 Å². The van der Waals surface area contributed by atoms with Crippen LogP contribution in [0.25, 0.3) is 0 Å². The summed E-state index contributed by atoms with van der Waals surface area (Å²) in [5, 5.41) is 7.31. The van der Waals surface area contributed by atoms with Gasteiger partial charge in [0.25, 0.3) is 0 Å². The minimum absolute atomic E-state index is 0.0115. The minimum atomic E-state index is -0.323. The van der Waals surface area contributed by atoms with Gasteiger partial charge < -0.3 is 20.5 Å². The van der Waals surface area contributed by atoms with Crippen molar-refractivity contribution in [2.24, 2.45) is 11.8 Å². The number of amides is 1. The molecule has 0 unspecified atom stereocenters. The monoisotopic (exact) mass is 308 g/mol. The summed E-state index contributed by atoms with van der Waals surface area (Å²) in [7, 11) is 1.62. The number of rotatable bonds is 5. The van der Waals surface area contributed by atoms with Crippen molar-refractivity contribution in [2.75, 3.05) is 12.8 Å². The number of hydrogen-bond acceptors (Lipinski definition) is 5. The molecule has 1 amide bonds. The Balaban J connectivity index is 1.63. The summed E-state index contributed by atoms with van der Waals surface area (Å²) in [6.07, 6.45) is 1.59. The maximum Gasteiger partial charge on any atom is 0.407 e. The maximum atomic E-state index is 11.8. The topological polar surface area (TPSA) is 91.4 Å². The van der Waals surface area contributed by atoms with E-state index in [1.807, 2.05) is 19.9 Å². The lowest BCUT2D eigenvalue weighted by Gasteiger charge is -2.17. The second kappa shape index (κ2) is 5.79. The molecule has 3 N–H and O–H groups in total. The Morgan fingerprint density at radius 1 is 1.50 bits per heavy atom. The van der Waals surface area contributed by atoms with E-state index in [-0.39, 0.29) is 18.2 Å². The van der Waals surface area contributed by atoms with Crippen LogP contribution in [0, 0.1) is 11.8 Å². The van der Waals surface area contributed by atoms with E-state index < -0.39 is 0 Å². The van der Waals surface area contributed by atoms with Crippen molar-refractivity contribution in [3.05, 3.63) is 11.8 Å². The van der Waals surface area contributed by atoms with Crippen LogP contribution in [-0.2, 0) is 16.2 Å². The van der Waals surface area contributed by atoms with Crippen LogP contribution in [0.4, 0.5) is 10.6 Å². The lowest BCUT2D eigenvalue weighted by Crippen LogP contribution is -2.34. The van der Waals surface area contributed by atoms with Crippen molar-refractivity contribution in [3.8, 4) is 0 Å². The molecule has 0 radical (unpaired) electrons. The van der Waals surface area contributed by atoms with Crippen LogP contribution in [0.1, 0.15) is 38.3 Å². The van der Waals surface area contributed by atoms with Gasteiger partial charge in [0.15, 0.2) is 0 Å². The Morgan fingerprint density at radius 3 is 2.95 bits per heavy atom. The second-order valence-corrected chi connectivity index (χ2v) is 6.56. The van der Waals surface area contributed by atoms with Crippen LogP contribution >= 0.6 is 0 Å². The third kappa shape index (κ3) is 2.90. The van der Waals surface area contributed by atoms with Gasteiger partial charge in [-0.05, 0) is 38.5 Å². The third-order valence-corrected chi connectivity index (χ3v) is 4.50. The molecule has 0 aliphatic heterocycles. The molecule has 0 bridgehead atoms. The highest BCUT2D eigenvalue weighted by Gasteiger charge is 2.57. The second-order valence-electron chi connectivity index (χ2n) is 6.56. The highest BCUT2D eigenvalue weighted by molar-refractivity contribution is 5.67. The van der Waals surface area contributed by atoms with Gasteiger partial charge in [0, 0.05) is 25.1 Å². The van der Waals surface area contributed by atoms with E-state index in [4.69, 9.17) is 15.2 Å². The van der Waals surface area contributed by atoms with Gasteiger partial charge in [0.1, 0.15) is 18.7 Å². The molecule has 122 valence electrons. The lowest BCUT2D eigenvalue weighted by atomic mass is 9.99. The molecule has 1 heterocycles. The number of carbonyl (C=O) groups excluding carboxylic acids is 1. The van der Waals surface area contributed by atoms with Gasteiger partial charge in [-0.2, -0.15) is 5.10 Å². The molecular formula is C15H24N4O3. The highest BCUT2D eigenvalue weighted by Crippen LogP contribution is 2.60. The predicted molar refractivity (Wildman–Crippen MR) is 81.1 cm³/mol. The Kier molecular flexibility index (Phi) is 3.99. The standard InChI is InChI=1S/C15H24N4O3/c1-8(2)17-15(20)22-13-5-10(9-4-11(9)13)12-6-14(16)19(18-12)7-21-3/h6,8-11,13H,4-5,7,16H2,1-3H3,(H,17,20)/t9-,10-,11-,13+/m1/s1. The number of anilines is 1. The fraction of sp³-hybridized carbons (Fsp3) is 0.733. The molecule has 22 heavy (non-hydrogen) atoms. The van der Waals surface area contributed by atoms with E-state index in [2.05, 4.69) is 10.4 Å². The molecule has 0 saturated heterocycles. The number of nitrogen functional groups attached to an aromatic ring is 1. The number of nitrogens with zero attached hydrogens (tertiary/aromatic N) is 2. The van der Waals surface area contributed by atoms with Crippen molar-refractivity contribution < 1.29 is 14.3 Å². The smallest absolute Gasteiger partial charge is 0.407 e. The summed E-state index contributed by atoms with van der Waals surface area (Å²) in [6.45, 7) is 4.19. The molecule has 2 aliphatic rings. The minimum Gasteiger partial charge on any atom is -0.446 e. The number of fused-ring (bicyclic) bond motifs is 1. The summed E-state index contributed by atoms with van der Waals surface area (Å²) >= 11 is 0. The summed E-state index contributed by atoms with van der Waals surface area (Å²) in [6, 6.07) is 2.00. The van der Waals surface area contributed by atoms with E-state index in [0.29, 0.717) is 30.3 Å². The van der Waals surface area contributed by atoms with E-state index in [0.717, 1.165) is 18.5 Å². The first-order valence-corrected chi connectivity index (χ1v) is 7.79. The molecule has 1 aromatic rings. The third-order valence-electron chi connectivity index (χ3n) is 4.50. The normalized spacial score (nSPS) is 29.5. The number of hydrogen-bond donors (Lipinski definition) is 2. The van der Waals surface area contributed by atoms with Gasteiger partial charge in [-0.15, -0.1) is 0 Å². The Bertz CT molecular complexity index is 557. The van der Waals surface area contributed by atoms with Crippen LogP contribution in [0.5, 0.6) is 0 Å². The first-order chi connectivity index (χ1) is 10.5. The van der Waals surface area contributed by atoms with Crippen LogP contribution in [0.3, 0.4) is 0 Å². The molecular weight excluding hydrogens is 284 g/mol. The molecule has 3 rings (SSSR count). The summed E-state index contributed by atoms with van der Waals surface area (Å²) < 4.78 is 12.3. The molecule has 4 atom stereocenters. The Morgan fingerprint density at radius 2 is 2.27 bits per heavy atom. The molecule has 0 spiro atoms. The van der Waals surface area contributed by atoms with E-state index in [9.17, 15) is 4.79 Å². The molecule has 2 fully saturated rings. The van der Waals surface area contributed by atoms with Gasteiger partial charge >= 0.3 is 6.09 Å². The molecule has 0 aromatic carbocycles. The number of aromatic nitrogens is 2. The lowest BCUT2D eigenvalue weighted by molar-refractivity contribution is 0.0860. The highest BCUT2D eigenvalue weighted by atomic mass is 16.6. The molecule has 7 heteroatoms. The van der Waals surface area contributed by atoms with Gasteiger partial charge in [0.05, 0.1) is 5.69 Å². The summed E-state index contributed by atoms with van der Waals surface area (Å²) in [5.74, 6) is 1.96. The fourth-order valence-electron chi connectivity index (χ4n) is 3.47. The molecule has 2 aliphatic carbocycles. The number of alkyl carbamates (subject to hydrolysis) is 1. The predicted octanol–water partition coefficient (Wildman–Crippen LogP) is 1.70. The van der Waals surface area contributed by atoms with Crippen molar-refractivity contribution >= 4 is 11.9 Å². The van der Waals surface area contributed by atoms with Crippen molar-refractivity contribution in [1.82, 2.24) is 15.1 Å². The number of methoxy groups -OCH3 is 1. The van der Waals surface area contributed by atoms with Crippen LogP contribution in [-0.4, -0.2) is 35.1 Å². The first kappa shape index (κ1) is 15.1. The molecule has 1 aromatic heterocycles. The Hall–Kier alpha value is -1.76. The molecule has 7 nitrogen and oxygen atoms in total. The summed E-state index contributed by atoms with van der Waals surface area (Å²) in [4.78, 5) is 11.8.